The fourth-order valence-corrected chi connectivity index (χ4v) is 1.58. The van der Waals surface area contributed by atoms with E-state index in [1.807, 2.05) is 18.2 Å². The highest BCUT2D eigenvalue weighted by Crippen LogP contribution is 2.01. The van der Waals surface area contributed by atoms with Gasteiger partial charge in [-0.3, -0.25) is 19.7 Å². The second-order valence-electron chi connectivity index (χ2n) is 4.35. The molecule has 0 aliphatic rings. The number of hydrogen-bond acceptors (Lipinski definition) is 5. The molecule has 0 aromatic heterocycles. The van der Waals surface area contributed by atoms with Crippen molar-refractivity contribution in [2.24, 2.45) is 0 Å². The highest BCUT2D eigenvalue weighted by atomic mass is 16.5. The fourth-order valence-electron chi connectivity index (χ4n) is 1.58. The lowest BCUT2D eigenvalue weighted by Crippen LogP contribution is -2.40. The maximum atomic E-state index is 11.5. The minimum Gasteiger partial charge on any atom is -0.481 e. The summed E-state index contributed by atoms with van der Waals surface area (Å²) in [6.45, 7) is -0.183. The maximum absolute atomic E-state index is 11.5. The number of rotatable bonds is 9. The molecular formula is C14H17NO6. The third kappa shape index (κ3) is 7.07. The van der Waals surface area contributed by atoms with Gasteiger partial charge in [0.1, 0.15) is 12.6 Å². The van der Waals surface area contributed by atoms with Crippen molar-refractivity contribution in [2.45, 2.75) is 25.5 Å². The van der Waals surface area contributed by atoms with Crippen LogP contribution in [0.15, 0.2) is 30.3 Å². The molecule has 7 heteroatoms. The molecule has 0 bridgehead atoms. The van der Waals surface area contributed by atoms with Gasteiger partial charge in [0.15, 0.2) is 0 Å². The van der Waals surface area contributed by atoms with Gasteiger partial charge < -0.3 is 14.9 Å². The largest absolute Gasteiger partial charge is 0.481 e. The quantitative estimate of drug-likeness (QED) is 0.573. The molecular weight excluding hydrogens is 278 g/mol. The standard InChI is InChI=1S/C14H17NO6/c16-12(17)7-6-11(14(19)20)15-8-13(18)21-9-10-4-2-1-3-5-10/h1-5,11,15H,6-9H2,(H,16,17)(H,19,20)/t11-/m0/s1. The summed E-state index contributed by atoms with van der Waals surface area (Å²) in [5.41, 5.74) is 0.825. The molecule has 0 amide bonds. The maximum Gasteiger partial charge on any atom is 0.320 e. The average molecular weight is 295 g/mol. The molecule has 0 spiro atoms. The highest BCUT2D eigenvalue weighted by molar-refractivity contribution is 5.77. The number of carboxylic acid groups (broad SMARTS) is 2. The Balaban J connectivity index is 2.32. The van der Waals surface area contributed by atoms with Crippen LogP contribution in [0.5, 0.6) is 0 Å². The minimum atomic E-state index is -1.20. The predicted octanol–water partition coefficient (Wildman–Crippen LogP) is 0.637. The zero-order valence-corrected chi connectivity index (χ0v) is 11.3. The van der Waals surface area contributed by atoms with Gasteiger partial charge in [0.05, 0.1) is 6.54 Å². The summed E-state index contributed by atoms with van der Waals surface area (Å²) < 4.78 is 4.97. The number of carboxylic acids is 2. The van der Waals surface area contributed by atoms with E-state index < -0.39 is 23.9 Å². The molecule has 0 saturated carbocycles. The molecule has 1 rings (SSSR count). The van der Waals surface area contributed by atoms with Crippen LogP contribution in [0.1, 0.15) is 18.4 Å². The van der Waals surface area contributed by atoms with E-state index in [4.69, 9.17) is 14.9 Å². The molecule has 7 nitrogen and oxygen atoms in total. The van der Waals surface area contributed by atoms with E-state index in [-0.39, 0.29) is 26.0 Å². The van der Waals surface area contributed by atoms with E-state index in [0.717, 1.165) is 5.56 Å². The van der Waals surface area contributed by atoms with Crippen LogP contribution in [0.3, 0.4) is 0 Å². The Morgan fingerprint density at radius 1 is 1.14 bits per heavy atom. The number of carbonyl (C=O) groups is 3. The molecule has 21 heavy (non-hydrogen) atoms. The summed E-state index contributed by atoms with van der Waals surface area (Å²) in [5.74, 6) is -2.89. The van der Waals surface area contributed by atoms with Gasteiger partial charge in [-0.25, -0.2) is 0 Å². The number of esters is 1. The zero-order valence-electron chi connectivity index (χ0n) is 11.3. The molecule has 0 radical (unpaired) electrons. The average Bonchev–Trinajstić information content (AvgIpc) is 2.45. The summed E-state index contributed by atoms with van der Waals surface area (Å²) in [4.78, 5) is 32.8. The van der Waals surface area contributed by atoms with Crippen LogP contribution in [0.25, 0.3) is 0 Å². The third-order valence-corrected chi connectivity index (χ3v) is 2.68. The van der Waals surface area contributed by atoms with Gasteiger partial charge in [0.2, 0.25) is 0 Å². The van der Waals surface area contributed by atoms with Gasteiger partial charge in [0.25, 0.3) is 0 Å². The van der Waals surface area contributed by atoms with Crippen molar-refractivity contribution in [2.75, 3.05) is 6.54 Å². The Morgan fingerprint density at radius 2 is 1.81 bits per heavy atom. The van der Waals surface area contributed by atoms with Crippen LogP contribution in [0, 0.1) is 0 Å². The molecule has 114 valence electrons. The topological polar surface area (TPSA) is 113 Å². The van der Waals surface area contributed by atoms with Crippen LogP contribution < -0.4 is 5.32 Å². The van der Waals surface area contributed by atoms with Crippen molar-refractivity contribution < 1.29 is 29.3 Å². The van der Waals surface area contributed by atoms with Gasteiger partial charge in [-0.05, 0) is 12.0 Å². The number of carbonyl (C=O) groups excluding carboxylic acids is 1. The number of benzene rings is 1. The Kier molecular flexibility index (Phi) is 6.90. The number of aliphatic carboxylic acids is 2. The van der Waals surface area contributed by atoms with Crippen LogP contribution in [-0.2, 0) is 25.7 Å². The van der Waals surface area contributed by atoms with E-state index in [0.29, 0.717) is 0 Å². The summed E-state index contributed by atoms with van der Waals surface area (Å²) in [7, 11) is 0. The Morgan fingerprint density at radius 3 is 2.38 bits per heavy atom. The first-order valence-electron chi connectivity index (χ1n) is 6.36. The van der Waals surface area contributed by atoms with E-state index in [9.17, 15) is 14.4 Å². The molecule has 0 aliphatic carbocycles. The van der Waals surface area contributed by atoms with Crippen molar-refractivity contribution in [1.29, 1.82) is 0 Å². The molecule has 0 aliphatic heterocycles. The second kappa shape index (κ2) is 8.70. The number of ether oxygens (including phenoxy) is 1. The monoisotopic (exact) mass is 295 g/mol. The van der Waals surface area contributed by atoms with Gasteiger partial charge in [-0.1, -0.05) is 30.3 Å². The molecule has 0 saturated heterocycles. The van der Waals surface area contributed by atoms with Gasteiger partial charge in [-0.15, -0.1) is 0 Å². The van der Waals surface area contributed by atoms with E-state index in [2.05, 4.69) is 5.32 Å². The lowest BCUT2D eigenvalue weighted by Gasteiger charge is -2.13. The second-order valence-corrected chi connectivity index (χ2v) is 4.35. The van der Waals surface area contributed by atoms with E-state index >= 15 is 0 Å². The lowest BCUT2D eigenvalue weighted by molar-refractivity contribution is -0.144. The molecule has 1 aromatic rings. The van der Waals surface area contributed by atoms with E-state index in [1.54, 1.807) is 12.1 Å². The zero-order chi connectivity index (χ0) is 15.7. The van der Waals surface area contributed by atoms with Crippen LogP contribution in [0.4, 0.5) is 0 Å². The Bertz CT molecular complexity index is 487. The summed E-state index contributed by atoms with van der Waals surface area (Å²) in [6.07, 6.45) is -0.389. The first kappa shape index (κ1) is 16.6. The SMILES string of the molecule is O=C(O)CC[C@H](NCC(=O)OCc1ccccc1)C(=O)O. The normalized spacial score (nSPS) is 11.6. The van der Waals surface area contributed by atoms with Crippen molar-refractivity contribution >= 4 is 17.9 Å². The predicted molar refractivity (Wildman–Crippen MR) is 72.5 cm³/mol. The molecule has 1 aromatic carbocycles. The van der Waals surface area contributed by atoms with Crippen LogP contribution in [0.2, 0.25) is 0 Å². The van der Waals surface area contributed by atoms with Gasteiger partial charge in [0, 0.05) is 6.42 Å². The minimum absolute atomic E-state index is 0.101. The molecule has 0 heterocycles. The molecule has 0 fully saturated rings. The van der Waals surface area contributed by atoms with Crippen molar-refractivity contribution in [3.05, 3.63) is 35.9 Å². The first-order valence-corrected chi connectivity index (χ1v) is 6.36. The van der Waals surface area contributed by atoms with Crippen molar-refractivity contribution in [3.63, 3.8) is 0 Å². The summed E-state index contributed by atoms with van der Waals surface area (Å²) in [5, 5.41) is 19.9. The summed E-state index contributed by atoms with van der Waals surface area (Å²) in [6, 6.07) is 7.97. The summed E-state index contributed by atoms with van der Waals surface area (Å²) >= 11 is 0. The van der Waals surface area contributed by atoms with Crippen molar-refractivity contribution in [1.82, 2.24) is 5.32 Å². The molecule has 3 N–H and O–H groups in total. The van der Waals surface area contributed by atoms with Crippen molar-refractivity contribution in [3.8, 4) is 0 Å². The number of nitrogens with one attached hydrogen (secondary N) is 1. The van der Waals surface area contributed by atoms with Gasteiger partial charge >= 0.3 is 17.9 Å². The smallest absolute Gasteiger partial charge is 0.320 e. The first-order chi connectivity index (χ1) is 9.99. The Labute approximate surface area is 121 Å². The highest BCUT2D eigenvalue weighted by Gasteiger charge is 2.19. The molecule has 1 atom stereocenters. The van der Waals surface area contributed by atoms with E-state index in [1.165, 1.54) is 0 Å². The Hall–Kier alpha value is -2.41. The number of hydrogen-bond donors (Lipinski definition) is 3. The lowest BCUT2D eigenvalue weighted by atomic mass is 10.1. The fraction of sp³-hybridized carbons (Fsp3) is 0.357. The van der Waals surface area contributed by atoms with Gasteiger partial charge in [-0.2, -0.15) is 0 Å². The van der Waals surface area contributed by atoms with Crippen LogP contribution in [-0.4, -0.2) is 40.7 Å². The third-order valence-electron chi connectivity index (χ3n) is 2.68. The molecule has 0 unspecified atom stereocenters. The van der Waals surface area contributed by atoms with Crippen LogP contribution >= 0.6 is 0 Å².